The first-order valence-corrected chi connectivity index (χ1v) is 8.24. The number of benzene rings is 2. The summed E-state index contributed by atoms with van der Waals surface area (Å²) in [5.41, 5.74) is 3.52. The summed E-state index contributed by atoms with van der Waals surface area (Å²) in [5.74, 6) is 0.474. The van der Waals surface area contributed by atoms with E-state index in [0.29, 0.717) is 11.4 Å². The third kappa shape index (κ3) is 3.32. The molecular weight excluding hydrogens is 344 g/mol. The first kappa shape index (κ1) is 16.6. The molecule has 0 spiro atoms. The fourth-order valence-corrected chi connectivity index (χ4v) is 2.81. The van der Waals surface area contributed by atoms with Crippen molar-refractivity contribution in [2.24, 2.45) is 0 Å². The quantitative estimate of drug-likeness (QED) is 0.601. The van der Waals surface area contributed by atoms with E-state index in [-0.39, 0.29) is 5.91 Å². The number of methoxy groups -OCH3 is 1. The summed E-state index contributed by atoms with van der Waals surface area (Å²) in [4.78, 5) is 17.0. The van der Waals surface area contributed by atoms with E-state index in [2.05, 4.69) is 25.8 Å². The van der Waals surface area contributed by atoms with Crippen molar-refractivity contribution in [2.45, 2.75) is 6.92 Å². The molecule has 27 heavy (non-hydrogen) atoms. The second kappa shape index (κ2) is 6.83. The molecule has 0 unspecified atom stereocenters. The van der Waals surface area contributed by atoms with Crippen LogP contribution in [-0.2, 0) is 0 Å². The molecule has 0 saturated carbocycles. The van der Waals surface area contributed by atoms with Gasteiger partial charge in [0.1, 0.15) is 17.8 Å². The Morgan fingerprint density at radius 1 is 1.11 bits per heavy atom. The second-order valence-electron chi connectivity index (χ2n) is 5.96. The average Bonchev–Trinajstić information content (AvgIpc) is 3.21. The van der Waals surface area contributed by atoms with Crippen LogP contribution in [0.3, 0.4) is 0 Å². The summed E-state index contributed by atoms with van der Waals surface area (Å²) >= 11 is 0. The van der Waals surface area contributed by atoms with E-state index in [1.807, 2.05) is 43.3 Å². The number of amides is 1. The van der Waals surface area contributed by atoms with Gasteiger partial charge in [0.05, 0.1) is 18.3 Å². The van der Waals surface area contributed by atoms with Crippen molar-refractivity contribution in [3.8, 4) is 11.4 Å². The van der Waals surface area contributed by atoms with Gasteiger partial charge < -0.3 is 10.1 Å². The first-order valence-electron chi connectivity index (χ1n) is 8.24. The van der Waals surface area contributed by atoms with Crippen LogP contribution < -0.4 is 10.1 Å². The summed E-state index contributed by atoms with van der Waals surface area (Å²) in [6.45, 7) is 1.92. The van der Waals surface area contributed by atoms with Crippen molar-refractivity contribution in [1.29, 1.82) is 0 Å². The number of nitrogens with one attached hydrogen (secondary N) is 1. The molecule has 1 N–H and O–H groups in total. The molecule has 0 bridgehead atoms. The molecule has 4 aromatic rings. The Hall–Kier alpha value is -3.81. The predicted octanol–water partition coefficient (Wildman–Crippen LogP) is 2.78. The molecule has 0 atom stereocenters. The number of ether oxygens (including phenoxy) is 1. The molecule has 0 aliphatic heterocycles. The summed E-state index contributed by atoms with van der Waals surface area (Å²) in [6, 6.07) is 14.6. The van der Waals surface area contributed by atoms with Crippen LogP contribution in [0.4, 0.5) is 5.69 Å². The van der Waals surface area contributed by atoms with Gasteiger partial charge in [-0.15, -0.1) is 5.10 Å². The third-order valence-electron chi connectivity index (χ3n) is 4.18. The van der Waals surface area contributed by atoms with Gasteiger partial charge in [0.15, 0.2) is 0 Å². The number of carbonyl (C=O) groups excluding carboxylic acids is 1. The van der Waals surface area contributed by atoms with E-state index in [0.717, 1.165) is 27.9 Å². The number of tetrazole rings is 1. The van der Waals surface area contributed by atoms with Crippen molar-refractivity contribution in [2.75, 3.05) is 12.4 Å². The highest BCUT2D eigenvalue weighted by molar-refractivity contribution is 6.04. The molecule has 1 amide bonds. The molecular formula is C19H16N6O2. The number of fused-ring (bicyclic) bond motifs is 1. The number of hydrogen-bond donors (Lipinski definition) is 1. The lowest BCUT2D eigenvalue weighted by Gasteiger charge is -2.09. The molecule has 2 heterocycles. The SMILES string of the molecule is COc1ccc2nc(C(=O)Nc3ccc(-n4cnnn4)c(C)c3)ccc2c1. The zero-order valence-electron chi connectivity index (χ0n) is 14.7. The Balaban J connectivity index is 1.57. The van der Waals surface area contributed by atoms with E-state index >= 15 is 0 Å². The number of anilines is 1. The number of aromatic nitrogens is 5. The van der Waals surface area contributed by atoms with Crippen molar-refractivity contribution < 1.29 is 9.53 Å². The lowest BCUT2D eigenvalue weighted by molar-refractivity contribution is 0.102. The third-order valence-corrected chi connectivity index (χ3v) is 4.18. The van der Waals surface area contributed by atoms with E-state index in [9.17, 15) is 4.79 Å². The fraction of sp³-hybridized carbons (Fsp3) is 0.105. The standard InChI is InChI=1S/C19H16N6O2/c1-12-9-14(4-8-18(12)25-11-20-23-24-25)21-19(26)17-6-3-13-10-15(27-2)5-7-16(13)22-17/h3-11H,1-2H3,(H,21,26). The normalized spacial score (nSPS) is 10.7. The van der Waals surface area contributed by atoms with E-state index in [4.69, 9.17) is 4.74 Å². The molecule has 2 aromatic heterocycles. The lowest BCUT2D eigenvalue weighted by atomic mass is 10.1. The van der Waals surface area contributed by atoms with Gasteiger partial charge in [-0.3, -0.25) is 4.79 Å². The van der Waals surface area contributed by atoms with E-state index in [1.165, 1.54) is 6.33 Å². The minimum atomic E-state index is -0.276. The van der Waals surface area contributed by atoms with Gasteiger partial charge in [-0.1, -0.05) is 6.07 Å². The fourth-order valence-electron chi connectivity index (χ4n) is 2.81. The molecule has 134 valence electrons. The van der Waals surface area contributed by atoms with Crippen LogP contribution in [0.2, 0.25) is 0 Å². The number of pyridine rings is 1. The Kier molecular flexibility index (Phi) is 4.21. The van der Waals surface area contributed by atoms with E-state index < -0.39 is 0 Å². The Bertz CT molecular complexity index is 1120. The largest absolute Gasteiger partial charge is 0.497 e. The summed E-state index contributed by atoms with van der Waals surface area (Å²) in [7, 11) is 1.61. The van der Waals surface area contributed by atoms with Crippen LogP contribution in [0, 0.1) is 6.92 Å². The van der Waals surface area contributed by atoms with Gasteiger partial charge >= 0.3 is 0 Å². The minimum absolute atomic E-state index is 0.276. The van der Waals surface area contributed by atoms with Crippen molar-refractivity contribution in [3.63, 3.8) is 0 Å². The molecule has 0 aliphatic rings. The number of rotatable bonds is 4. The second-order valence-corrected chi connectivity index (χ2v) is 5.96. The maximum absolute atomic E-state index is 12.6. The highest BCUT2D eigenvalue weighted by Crippen LogP contribution is 2.21. The molecule has 0 fully saturated rings. The van der Waals surface area contributed by atoms with Crippen LogP contribution in [0.5, 0.6) is 5.75 Å². The summed E-state index contributed by atoms with van der Waals surface area (Å²) < 4.78 is 6.78. The number of nitrogens with zero attached hydrogens (tertiary/aromatic N) is 5. The first-order chi connectivity index (χ1) is 13.1. The maximum atomic E-state index is 12.6. The zero-order chi connectivity index (χ0) is 18.8. The summed E-state index contributed by atoms with van der Waals surface area (Å²) in [6.07, 6.45) is 1.52. The Morgan fingerprint density at radius 3 is 2.74 bits per heavy atom. The van der Waals surface area contributed by atoms with Gasteiger partial charge in [-0.25, -0.2) is 9.67 Å². The van der Waals surface area contributed by atoms with E-state index in [1.54, 1.807) is 23.9 Å². The van der Waals surface area contributed by atoms with Gasteiger partial charge in [0.2, 0.25) is 0 Å². The number of aryl methyl sites for hydroxylation is 1. The van der Waals surface area contributed by atoms with Gasteiger partial charge in [-0.2, -0.15) is 0 Å². The molecule has 8 nitrogen and oxygen atoms in total. The van der Waals surface area contributed by atoms with Crippen LogP contribution in [0.15, 0.2) is 54.9 Å². The molecule has 8 heteroatoms. The number of carbonyl (C=O) groups is 1. The Morgan fingerprint density at radius 2 is 2.00 bits per heavy atom. The monoisotopic (exact) mass is 360 g/mol. The molecule has 4 rings (SSSR count). The van der Waals surface area contributed by atoms with Crippen LogP contribution >= 0.6 is 0 Å². The zero-order valence-corrected chi connectivity index (χ0v) is 14.7. The van der Waals surface area contributed by atoms with Crippen molar-refractivity contribution in [3.05, 3.63) is 66.1 Å². The maximum Gasteiger partial charge on any atom is 0.274 e. The highest BCUT2D eigenvalue weighted by Gasteiger charge is 2.11. The lowest BCUT2D eigenvalue weighted by Crippen LogP contribution is -2.14. The van der Waals surface area contributed by atoms with Crippen LogP contribution in [0.1, 0.15) is 16.1 Å². The molecule has 0 aliphatic carbocycles. The van der Waals surface area contributed by atoms with Crippen molar-refractivity contribution in [1.82, 2.24) is 25.2 Å². The van der Waals surface area contributed by atoms with Crippen molar-refractivity contribution >= 4 is 22.5 Å². The van der Waals surface area contributed by atoms with Gasteiger partial charge in [-0.05, 0) is 65.4 Å². The van der Waals surface area contributed by atoms with Crippen LogP contribution in [0.25, 0.3) is 16.6 Å². The summed E-state index contributed by atoms with van der Waals surface area (Å²) in [5, 5.41) is 14.9. The van der Waals surface area contributed by atoms with Gasteiger partial charge in [0.25, 0.3) is 5.91 Å². The smallest absolute Gasteiger partial charge is 0.274 e. The van der Waals surface area contributed by atoms with Gasteiger partial charge in [0, 0.05) is 11.1 Å². The predicted molar refractivity (Wildman–Crippen MR) is 100 cm³/mol. The minimum Gasteiger partial charge on any atom is -0.497 e. The number of hydrogen-bond acceptors (Lipinski definition) is 6. The van der Waals surface area contributed by atoms with Crippen LogP contribution in [-0.4, -0.2) is 38.2 Å². The molecule has 2 aromatic carbocycles. The highest BCUT2D eigenvalue weighted by atomic mass is 16.5. The topological polar surface area (TPSA) is 94.8 Å². The average molecular weight is 360 g/mol. The molecule has 0 saturated heterocycles. The Labute approximate surface area is 154 Å². The molecule has 0 radical (unpaired) electrons.